The Morgan fingerprint density at radius 2 is 2.18 bits per heavy atom. The number of hydrogen-bond acceptors (Lipinski definition) is 3. The van der Waals surface area contributed by atoms with Crippen LogP contribution in [0, 0.1) is 16.0 Å². The summed E-state index contributed by atoms with van der Waals surface area (Å²) in [6, 6.07) is 4.63. The summed E-state index contributed by atoms with van der Waals surface area (Å²) in [6.07, 6.45) is 1.34. The third-order valence-corrected chi connectivity index (χ3v) is 1.71. The summed E-state index contributed by atoms with van der Waals surface area (Å²) >= 11 is 0. The Bertz CT molecular complexity index is 436. The van der Waals surface area contributed by atoms with Crippen molar-refractivity contribution in [3.63, 3.8) is 0 Å². The third kappa shape index (κ3) is 1.69. The molecule has 0 radical (unpaired) electrons. The van der Waals surface area contributed by atoms with Crippen LogP contribution >= 0.6 is 0 Å². The minimum Gasteiger partial charge on any atom is -0.348 e. The molecule has 0 fully saturated rings. The van der Waals surface area contributed by atoms with Crippen LogP contribution in [0.3, 0.4) is 0 Å². The molecule has 11 heavy (non-hydrogen) atoms. The lowest BCUT2D eigenvalue weighted by Crippen LogP contribution is -1.79. The van der Waals surface area contributed by atoms with E-state index in [0.29, 0.717) is 5.56 Å². The molecule has 1 aromatic heterocycles. The molecule has 0 aliphatic heterocycles. The number of hydrogen-bond donors (Lipinski definition) is 1. The molecule has 56 valence electrons. The molecule has 0 saturated carbocycles. The number of nitriles is 1. The first-order valence-electron chi connectivity index (χ1n) is 2.75. The number of rotatable bonds is 0. The van der Waals surface area contributed by atoms with Crippen LogP contribution in [0.1, 0.15) is 5.56 Å². The van der Waals surface area contributed by atoms with Crippen molar-refractivity contribution in [2.75, 3.05) is 0 Å². The highest BCUT2D eigenvalue weighted by atomic mass is 32.2. The zero-order valence-corrected chi connectivity index (χ0v) is 6.22. The molecule has 0 atom stereocenters. The molecule has 0 bridgehead atoms. The van der Waals surface area contributed by atoms with Gasteiger partial charge in [-0.2, -0.15) is 13.7 Å². The second-order valence-corrected chi connectivity index (χ2v) is 2.70. The number of nitrogens with zero attached hydrogens (tertiary/aromatic N) is 1. The molecule has 1 rings (SSSR count). The number of H-pyrrole nitrogens is 1. The predicted molar refractivity (Wildman–Crippen MR) is 37.7 cm³/mol. The molecule has 1 heterocycles. The number of pyridine rings is 1. The monoisotopic (exact) mass is 168 g/mol. The van der Waals surface area contributed by atoms with Crippen molar-refractivity contribution in [2.24, 2.45) is 0 Å². The van der Waals surface area contributed by atoms with E-state index in [9.17, 15) is 8.42 Å². The van der Waals surface area contributed by atoms with Crippen molar-refractivity contribution < 1.29 is 8.42 Å². The van der Waals surface area contributed by atoms with Gasteiger partial charge in [0.25, 0.3) is 0 Å². The lowest BCUT2D eigenvalue weighted by atomic mass is 10.3. The molecular weight excluding hydrogens is 164 g/mol. The van der Waals surface area contributed by atoms with Crippen LogP contribution in [0.2, 0.25) is 0 Å². The molecule has 5 heteroatoms. The van der Waals surface area contributed by atoms with Gasteiger partial charge in [-0.15, -0.1) is 0 Å². The maximum absolute atomic E-state index is 10.3. The Kier molecular flexibility index (Phi) is 2.09. The van der Waals surface area contributed by atoms with Crippen molar-refractivity contribution in [1.82, 2.24) is 4.98 Å². The molecule has 0 aliphatic rings. The van der Waals surface area contributed by atoms with Gasteiger partial charge in [0.05, 0.1) is 5.56 Å². The standard InChI is InChI=1S/C6H4N2O2S/c7-3-5-1-2-6(8-4-5)11(9)10/h1-2,4,8H. The summed E-state index contributed by atoms with van der Waals surface area (Å²) in [7, 11) is -2.25. The smallest absolute Gasteiger partial charge is 0.238 e. The second-order valence-electron chi connectivity index (χ2n) is 1.79. The molecule has 0 unspecified atom stereocenters. The molecule has 0 amide bonds. The van der Waals surface area contributed by atoms with E-state index in [1.807, 2.05) is 6.07 Å². The summed E-state index contributed by atoms with van der Waals surface area (Å²) in [6.45, 7) is 0. The number of aromatic nitrogens is 1. The van der Waals surface area contributed by atoms with E-state index < -0.39 is 10.3 Å². The highest BCUT2D eigenvalue weighted by molar-refractivity contribution is 7.63. The molecule has 1 N–H and O–H groups in total. The predicted octanol–water partition coefficient (Wildman–Crippen LogP) is 0.297. The average molecular weight is 168 g/mol. The maximum atomic E-state index is 10.3. The Hall–Kier alpha value is -1.54. The fourth-order valence-electron chi connectivity index (χ4n) is 0.584. The molecule has 4 nitrogen and oxygen atoms in total. The van der Waals surface area contributed by atoms with Gasteiger partial charge in [0.2, 0.25) is 10.3 Å². The molecule has 0 saturated heterocycles. The number of nitrogens with one attached hydrogen (secondary N) is 1. The zero-order valence-electron chi connectivity index (χ0n) is 5.40. The van der Waals surface area contributed by atoms with E-state index in [4.69, 9.17) is 5.26 Å². The van der Waals surface area contributed by atoms with Crippen molar-refractivity contribution in [3.8, 4) is 6.07 Å². The average Bonchev–Trinajstić information content (AvgIpc) is 2.05. The molecular formula is C6H4N2O2S. The highest BCUT2D eigenvalue weighted by Crippen LogP contribution is 1.91. The summed E-state index contributed by atoms with van der Waals surface area (Å²) in [5.41, 5.74) is 0.402. The lowest BCUT2D eigenvalue weighted by Gasteiger charge is -1.83. The van der Waals surface area contributed by atoms with E-state index >= 15 is 0 Å². The van der Waals surface area contributed by atoms with Gasteiger partial charge in [0, 0.05) is 6.20 Å². The minimum absolute atomic E-state index is 0.0731. The zero-order chi connectivity index (χ0) is 8.27. The fourth-order valence-corrected chi connectivity index (χ4v) is 0.918. The van der Waals surface area contributed by atoms with Gasteiger partial charge in [-0.25, -0.2) is 0 Å². The van der Waals surface area contributed by atoms with Crippen LogP contribution in [0.25, 0.3) is 0 Å². The Balaban J connectivity index is 3.49. The first-order valence-corrected chi connectivity index (χ1v) is 3.82. The van der Waals surface area contributed by atoms with Crippen LogP contribution in [0.4, 0.5) is 0 Å². The van der Waals surface area contributed by atoms with Crippen LogP contribution in [-0.4, -0.2) is 13.4 Å². The van der Waals surface area contributed by atoms with Gasteiger partial charge in [-0.1, -0.05) is 0 Å². The molecule has 1 aromatic rings. The van der Waals surface area contributed by atoms with Crippen molar-refractivity contribution in [1.29, 1.82) is 5.26 Å². The molecule has 0 spiro atoms. The summed E-state index contributed by atoms with van der Waals surface area (Å²) < 4.78 is 20.6. The molecule has 0 aliphatic carbocycles. The van der Waals surface area contributed by atoms with Gasteiger partial charge in [0.1, 0.15) is 6.07 Å². The van der Waals surface area contributed by atoms with Crippen molar-refractivity contribution in [2.45, 2.75) is 0 Å². The van der Waals surface area contributed by atoms with E-state index in [2.05, 4.69) is 4.98 Å². The quantitative estimate of drug-likeness (QED) is 0.566. The lowest BCUT2D eigenvalue weighted by molar-refractivity contribution is 0.624. The van der Waals surface area contributed by atoms with Gasteiger partial charge in [-0.05, 0) is 12.1 Å². The van der Waals surface area contributed by atoms with E-state index in [-0.39, 0.29) is 4.64 Å². The topological polar surface area (TPSA) is 73.7 Å². The van der Waals surface area contributed by atoms with Crippen LogP contribution in [0.5, 0.6) is 0 Å². The Labute approximate surface area is 64.3 Å². The Morgan fingerprint density at radius 1 is 1.45 bits per heavy atom. The minimum atomic E-state index is -2.25. The SMILES string of the molecule is N#Cc1ccc(=S(=O)=O)[nH]c1. The van der Waals surface area contributed by atoms with Gasteiger partial charge < -0.3 is 4.98 Å². The van der Waals surface area contributed by atoms with Crippen LogP contribution in [0.15, 0.2) is 18.3 Å². The maximum Gasteiger partial charge on any atom is 0.238 e. The van der Waals surface area contributed by atoms with Gasteiger partial charge >= 0.3 is 0 Å². The third-order valence-electron chi connectivity index (χ3n) is 1.09. The van der Waals surface area contributed by atoms with Crippen LogP contribution < -0.4 is 0 Å². The van der Waals surface area contributed by atoms with Crippen LogP contribution in [-0.2, 0) is 10.3 Å². The van der Waals surface area contributed by atoms with Gasteiger partial charge in [-0.3, -0.25) is 0 Å². The van der Waals surface area contributed by atoms with E-state index in [1.54, 1.807) is 0 Å². The fraction of sp³-hybridized carbons (Fsp3) is 0. The Morgan fingerprint density at radius 3 is 2.55 bits per heavy atom. The highest BCUT2D eigenvalue weighted by Gasteiger charge is 1.86. The summed E-state index contributed by atoms with van der Waals surface area (Å²) in [5.74, 6) is 0. The second kappa shape index (κ2) is 3.03. The normalized spacial score (nSPS) is 8.64. The summed E-state index contributed by atoms with van der Waals surface area (Å²) in [5, 5.41) is 8.34. The van der Waals surface area contributed by atoms with Gasteiger partial charge in [0.15, 0.2) is 4.64 Å². The van der Waals surface area contributed by atoms with Crippen molar-refractivity contribution in [3.05, 3.63) is 28.5 Å². The number of aromatic amines is 1. The van der Waals surface area contributed by atoms with E-state index in [1.165, 1.54) is 18.3 Å². The van der Waals surface area contributed by atoms with E-state index in [0.717, 1.165) is 0 Å². The first-order chi connectivity index (χ1) is 5.24. The summed E-state index contributed by atoms with van der Waals surface area (Å²) in [4.78, 5) is 2.45. The first kappa shape index (κ1) is 7.57. The molecule has 0 aromatic carbocycles. The largest absolute Gasteiger partial charge is 0.348 e. The van der Waals surface area contributed by atoms with Crippen molar-refractivity contribution >= 4 is 10.3 Å².